The fourth-order valence-corrected chi connectivity index (χ4v) is 13.9. The molecule has 17 nitrogen and oxygen atoms in total. The van der Waals surface area contributed by atoms with Crippen molar-refractivity contribution in [2.24, 2.45) is 11.8 Å². The average Bonchev–Trinajstić information content (AvgIpc) is 1.14. The molecule has 0 bridgehead atoms. The standard InChI is InChI=1S/C80H156O17P2/c1-7-9-11-13-15-17-18-19-27-34-40-46-52-58-64-79(84)96-75(68-90-77(82)62-56-50-44-36-16-14-12-10-8-2)70-94-98(86,87)92-66-74(81)67-93-99(88,89)95-71-76(69-91-78(83)63-57-51-45-39-33-30-29-32-38-43-49-55-61-73(5)6)97-80(85)65-59-53-47-41-35-28-25-23-21-20-22-24-26-31-37-42-48-54-60-72(3)4/h72-76,81H,7-71H2,1-6H3,(H,86,87)(H,88,89)/t74-,75+,76+/m0/s1. The number of hydrogen-bond donors (Lipinski definition) is 3. The number of carbonyl (C=O) groups excluding carboxylic acids is 4. The maximum atomic E-state index is 13.1. The topological polar surface area (TPSA) is 237 Å². The van der Waals surface area contributed by atoms with Crippen molar-refractivity contribution in [1.82, 2.24) is 0 Å². The molecule has 0 spiro atoms. The monoisotopic (exact) mass is 1450 g/mol. The van der Waals surface area contributed by atoms with Crippen molar-refractivity contribution in [2.75, 3.05) is 39.6 Å². The second kappa shape index (κ2) is 71.7. The fraction of sp³-hybridized carbons (Fsp3) is 0.950. The van der Waals surface area contributed by atoms with Crippen LogP contribution in [-0.4, -0.2) is 96.7 Å². The summed E-state index contributed by atoms with van der Waals surface area (Å²) < 4.78 is 68.6. The second-order valence-corrected chi connectivity index (χ2v) is 32.7. The van der Waals surface area contributed by atoms with Crippen LogP contribution in [0.2, 0.25) is 0 Å². The predicted octanol–water partition coefficient (Wildman–Crippen LogP) is 23.9. The van der Waals surface area contributed by atoms with Crippen LogP contribution in [0.25, 0.3) is 0 Å². The van der Waals surface area contributed by atoms with Gasteiger partial charge in [-0.1, -0.05) is 369 Å². The first kappa shape index (κ1) is 97.1. The molecule has 0 aromatic rings. The Labute approximate surface area is 607 Å². The maximum absolute atomic E-state index is 13.1. The quantitative estimate of drug-likeness (QED) is 0.0222. The lowest BCUT2D eigenvalue weighted by Crippen LogP contribution is -2.30. The minimum atomic E-state index is -4.96. The molecule has 3 N–H and O–H groups in total. The summed E-state index contributed by atoms with van der Waals surface area (Å²) in [4.78, 5) is 72.9. The summed E-state index contributed by atoms with van der Waals surface area (Å²) in [5, 5.41) is 10.6. The van der Waals surface area contributed by atoms with E-state index in [1.54, 1.807) is 0 Å². The molecule has 5 atom stereocenters. The molecule has 0 amide bonds. The highest BCUT2D eigenvalue weighted by Gasteiger charge is 2.30. The van der Waals surface area contributed by atoms with Crippen molar-refractivity contribution >= 4 is 39.5 Å². The van der Waals surface area contributed by atoms with Gasteiger partial charge >= 0.3 is 39.5 Å². The molecule has 0 saturated heterocycles. The number of phosphoric ester groups is 2. The lowest BCUT2D eigenvalue weighted by atomic mass is 10.0. The summed E-state index contributed by atoms with van der Waals surface area (Å²) in [5.41, 5.74) is 0. The van der Waals surface area contributed by atoms with Gasteiger partial charge in [-0.15, -0.1) is 0 Å². The van der Waals surface area contributed by atoms with Crippen molar-refractivity contribution < 1.29 is 80.2 Å². The smallest absolute Gasteiger partial charge is 0.462 e. The van der Waals surface area contributed by atoms with Crippen LogP contribution < -0.4 is 0 Å². The largest absolute Gasteiger partial charge is 0.472 e. The van der Waals surface area contributed by atoms with Crippen LogP contribution in [-0.2, 0) is 65.4 Å². The molecule has 0 aliphatic carbocycles. The van der Waals surface area contributed by atoms with Gasteiger partial charge in [0.25, 0.3) is 0 Å². The highest BCUT2D eigenvalue weighted by atomic mass is 31.2. The highest BCUT2D eigenvalue weighted by molar-refractivity contribution is 7.47. The van der Waals surface area contributed by atoms with Gasteiger partial charge in [0.2, 0.25) is 0 Å². The number of aliphatic hydroxyl groups is 1. The van der Waals surface area contributed by atoms with Gasteiger partial charge in [-0.3, -0.25) is 37.3 Å². The van der Waals surface area contributed by atoms with Gasteiger partial charge < -0.3 is 33.8 Å². The SMILES string of the molecule is CCCCCCCCCCCCCCCCC(=O)O[C@H](COC(=O)CCCCCCCCCCC)COP(=O)(O)OC[C@H](O)COP(=O)(O)OC[C@@H](COC(=O)CCCCCCCCCCCCCCC(C)C)OC(=O)CCCCCCCCCCCCCCCCCCCCC(C)C. The first-order valence-corrected chi connectivity index (χ1v) is 44.5. The third kappa shape index (κ3) is 74.1. The first-order valence-electron chi connectivity index (χ1n) is 41.5. The predicted molar refractivity (Wildman–Crippen MR) is 405 cm³/mol. The Balaban J connectivity index is 5.20. The lowest BCUT2D eigenvalue weighted by molar-refractivity contribution is -0.161. The van der Waals surface area contributed by atoms with E-state index in [1.165, 1.54) is 238 Å². The number of carbonyl (C=O) groups is 4. The summed E-state index contributed by atoms with van der Waals surface area (Å²) >= 11 is 0. The van der Waals surface area contributed by atoms with Crippen LogP contribution in [0.4, 0.5) is 0 Å². The van der Waals surface area contributed by atoms with E-state index in [1.807, 2.05) is 0 Å². The molecule has 0 aromatic carbocycles. The third-order valence-electron chi connectivity index (χ3n) is 18.7. The van der Waals surface area contributed by atoms with Gasteiger partial charge in [0.05, 0.1) is 26.4 Å². The number of unbranched alkanes of at least 4 members (excludes halogenated alkanes) is 49. The van der Waals surface area contributed by atoms with E-state index in [0.29, 0.717) is 25.7 Å². The van der Waals surface area contributed by atoms with E-state index in [0.717, 1.165) is 102 Å². The average molecular weight is 1450 g/mol. The minimum Gasteiger partial charge on any atom is -0.462 e. The third-order valence-corrected chi connectivity index (χ3v) is 20.6. The van der Waals surface area contributed by atoms with E-state index < -0.39 is 97.5 Å². The first-order chi connectivity index (χ1) is 47.9. The molecule has 19 heteroatoms. The van der Waals surface area contributed by atoms with Crippen LogP contribution in [0.5, 0.6) is 0 Å². The molecule has 588 valence electrons. The van der Waals surface area contributed by atoms with Crippen LogP contribution in [0.15, 0.2) is 0 Å². The van der Waals surface area contributed by atoms with Crippen LogP contribution in [0.3, 0.4) is 0 Å². The van der Waals surface area contributed by atoms with Crippen molar-refractivity contribution in [1.29, 1.82) is 0 Å². The Bertz CT molecular complexity index is 1910. The van der Waals surface area contributed by atoms with Gasteiger partial charge in [0, 0.05) is 25.7 Å². The number of ether oxygens (including phenoxy) is 4. The summed E-state index contributed by atoms with van der Waals surface area (Å²) in [7, 11) is -9.91. The number of phosphoric acid groups is 2. The van der Waals surface area contributed by atoms with Crippen LogP contribution >= 0.6 is 15.6 Å². The summed E-state index contributed by atoms with van der Waals surface area (Å²) in [5.74, 6) is -0.508. The summed E-state index contributed by atoms with van der Waals surface area (Å²) in [6.07, 6.45) is 61.0. The minimum absolute atomic E-state index is 0.108. The fourth-order valence-electron chi connectivity index (χ4n) is 12.4. The Kier molecular flexibility index (Phi) is 70.3. The Morgan fingerprint density at radius 1 is 0.273 bits per heavy atom. The van der Waals surface area contributed by atoms with E-state index in [2.05, 4.69) is 41.5 Å². The van der Waals surface area contributed by atoms with E-state index in [4.69, 9.17) is 37.0 Å². The molecule has 2 unspecified atom stereocenters. The molecule has 0 aromatic heterocycles. The number of rotatable bonds is 79. The Morgan fingerprint density at radius 3 is 0.687 bits per heavy atom. The highest BCUT2D eigenvalue weighted by Crippen LogP contribution is 2.45. The number of hydrogen-bond acceptors (Lipinski definition) is 15. The molecule has 0 heterocycles. The van der Waals surface area contributed by atoms with Gasteiger partial charge in [0.1, 0.15) is 19.3 Å². The number of esters is 4. The van der Waals surface area contributed by atoms with Crippen molar-refractivity contribution in [3.63, 3.8) is 0 Å². The zero-order valence-corrected chi connectivity index (χ0v) is 66.6. The van der Waals surface area contributed by atoms with E-state index in [-0.39, 0.29) is 25.7 Å². The molecule has 0 radical (unpaired) electrons. The maximum Gasteiger partial charge on any atom is 0.472 e. The molecule has 0 rings (SSSR count). The van der Waals surface area contributed by atoms with Gasteiger partial charge in [0.15, 0.2) is 12.2 Å². The summed E-state index contributed by atoms with van der Waals surface area (Å²) in [6, 6.07) is 0. The molecule has 0 fully saturated rings. The lowest BCUT2D eigenvalue weighted by Gasteiger charge is -2.21. The van der Waals surface area contributed by atoms with E-state index in [9.17, 15) is 43.2 Å². The van der Waals surface area contributed by atoms with E-state index >= 15 is 0 Å². The van der Waals surface area contributed by atoms with Crippen molar-refractivity contribution in [2.45, 2.75) is 439 Å². The van der Waals surface area contributed by atoms with Crippen molar-refractivity contribution in [3.05, 3.63) is 0 Å². The molecular weight excluding hydrogens is 1290 g/mol. The van der Waals surface area contributed by atoms with Gasteiger partial charge in [-0.2, -0.15) is 0 Å². The summed E-state index contributed by atoms with van der Waals surface area (Å²) in [6.45, 7) is 9.66. The molecular formula is C80H156O17P2. The van der Waals surface area contributed by atoms with Crippen LogP contribution in [0, 0.1) is 11.8 Å². The molecule has 0 saturated carbocycles. The Morgan fingerprint density at radius 2 is 0.465 bits per heavy atom. The zero-order chi connectivity index (χ0) is 72.8. The normalized spacial score (nSPS) is 13.9. The molecule has 0 aliphatic heterocycles. The zero-order valence-electron chi connectivity index (χ0n) is 64.8. The number of aliphatic hydroxyl groups excluding tert-OH is 1. The second-order valence-electron chi connectivity index (χ2n) is 29.8. The van der Waals surface area contributed by atoms with Gasteiger partial charge in [-0.25, -0.2) is 9.13 Å². The molecule has 0 aliphatic rings. The Hall–Kier alpha value is -1.94. The van der Waals surface area contributed by atoms with Crippen molar-refractivity contribution in [3.8, 4) is 0 Å². The van der Waals surface area contributed by atoms with Gasteiger partial charge in [-0.05, 0) is 37.5 Å². The molecule has 99 heavy (non-hydrogen) atoms. The van der Waals surface area contributed by atoms with Crippen LogP contribution in [0.1, 0.15) is 420 Å².